The first-order valence-corrected chi connectivity index (χ1v) is 15.3. The van der Waals surface area contributed by atoms with Crippen molar-refractivity contribution in [2.45, 2.75) is 0 Å². The van der Waals surface area contributed by atoms with Gasteiger partial charge in [-0.1, -0.05) is 170 Å². The quantitative estimate of drug-likeness (QED) is 0.163. The SMILES string of the molecule is c1ccc2ccc3ccc4ccccc4c3c3c4ccccc4c(c4ccccc43)c3c(ccc2c1)ccc1ccccc13. The molecule has 0 saturated heterocycles. The highest BCUT2D eigenvalue weighted by Gasteiger charge is 2.14. The molecule has 0 heteroatoms. The zero-order valence-corrected chi connectivity index (χ0v) is 24.2. The third kappa shape index (κ3) is 3.78. The minimum atomic E-state index is 1.20. The first kappa shape index (κ1) is 24.8. The van der Waals surface area contributed by atoms with Gasteiger partial charge in [0.25, 0.3) is 0 Å². The second kappa shape index (κ2) is 9.93. The summed E-state index contributed by atoms with van der Waals surface area (Å²) in [5.74, 6) is 0. The van der Waals surface area contributed by atoms with Gasteiger partial charge in [-0.2, -0.15) is 0 Å². The smallest absolute Gasteiger partial charge is 0.00141 e. The van der Waals surface area contributed by atoms with Crippen LogP contribution < -0.4 is 0 Å². The largest absolute Gasteiger partial charge is 0.0616 e. The van der Waals surface area contributed by atoms with Crippen molar-refractivity contribution >= 4 is 86.2 Å². The van der Waals surface area contributed by atoms with E-state index < -0.39 is 0 Å². The Morgan fingerprint density at radius 1 is 0.159 bits per heavy atom. The molecule has 0 N–H and O–H groups in total. The van der Waals surface area contributed by atoms with Crippen LogP contribution in [0.1, 0.15) is 0 Å². The molecule has 10 aromatic rings. The summed E-state index contributed by atoms with van der Waals surface area (Å²) in [6.45, 7) is 0. The summed E-state index contributed by atoms with van der Waals surface area (Å²) in [5.41, 5.74) is 0. The van der Waals surface area contributed by atoms with Crippen molar-refractivity contribution < 1.29 is 0 Å². The maximum Gasteiger partial charge on any atom is -0.00141 e. The summed E-state index contributed by atoms with van der Waals surface area (Å²) in [6, 6.07) is 62.6. The monoisotopic (exact) mass is 556 g/mol. The Labute approximate surface area is 255 Å². The molecule has 0 aliphatic carbocycles. The highest BCUT2D eigenvalue weighted by molar-refractivity contribution is 6.38. The zero-order chi connectivity index (χ0) is 29.0. The second-order valence-corrected chi connectivity index (χ2v) is 11.6. The van der Waals surface area contributed by atoms with Crippen molar-refractivity contribution in [3.8, 4) is 0 Å². The maximum absolute atomic E-state index is 2.32. The van der Waals surface area contributed by atoms with Crippen molar-refractivity contribution in [2.24, 2.45) is 0 Å². The van der Waals surface area contributed by atoms with Gasteiger partial charge in [-0.05, 0) is 86.2 Å². The zero-order valence-electron chi connectivity index (χ0n) is 24.2. The van der Waals surface area contributed by atoms with Crippen LogP contribution in [-0.2, 0) is 0 Å². The van der Waals surface area contributed by atoms with E-state index in [4.69, 9.17) is 0 Å². The molecule has 44 heavy (non-hydrogen) atoms. The topological polar surface area (TPSA) is 0 Å². The number of fused-ring (bicyclic) bond motifs is 4. The van der Waals surface area contributed by atoms with Crippen LogP contribution >= 0.6 is 0 Å². The van der Waals surface area contributed by atoms with Crippen LogP contribution in [0.4, 0.5) is 0 Å². The predicted molar refractivity (Wildman–Crippen MR) is 193 cm³/mol. The summed E-state index contributed by atoms with van der Waals surface area (Å²) in [4.78, 5) is 0. The Hall–Kier alpha value is -5.72. The van der Waals surface area contributed by atoms with Gasteiger partial charge in [0.15, 0.2) is 0 Å². The van der Waals surface area contributed by atoms with Gasteiger partial charge in [0.1, 0.15) is 0 Å². The van der Waals surface area contributed by atoms with Gasteiger partial charge >= 0.3 is 0 Å². The lowest BCUT2D eigenvalue weighted by atomic mass is 9.88. The highest BCUT2D eigenvalue weighted by Crippen LogP contribution is 2.43. The van der Waals surface area contributed by atoms with Crippen LogP contribution in [0.15, 0.2) is 170 Å². The van der Waals surface area contributed by atoms with Gasteiger partial charge < -0.3 is 0 Å². The molecule has 0 unspecified atom stereocenters. The number of hydrogen-bond acceptors (Lipinski definition) is 0. The molecule has 0 spiro atoms. The van der Waals surface area contributed by atoms with Gasteiger partial charge in [-0.25, -0.2) is 0 Å². The standard InChI is InChI=1S/C44H28/c1-2-12-30-22-26-34-28-24-32-14-4-6-16-36(32)42(34)44-39-19-9-7-17-37(39)43(38-18-8-10-20-40(38)44)41-33(25-21-29(30)11-1)27-23-31-13-3-5-15-35(31)41/h1-28H. The molecule has 10 rings (SSSR count). The molecule has 0 nitrogen and oxygen atoms in total. The van der Waals surface area contributed by atoms with E-state index in [2.05, 4.69) is 170 Å². The van der Waals surface area contributed by atoms with E-state index in [9.17, 15) is 0 Å². The van der Waals surface area contributed by atoms with Gasteiger partial charge in [-0.15, -0.1) is 0 Å². The third-order valence-electron chi connectivity index (χ3n) is 9.23. The molecule has 0 aliphatic rings. The third-order valence-corrected chi connectivity index (χ3v) is 9.23. The van der Waals surface area contributed by atoms with Crippen molar-refractivity contribution in [1.82, 2.24) is 0 Å². The molecule has 0 fully saturated rings. The van der Waals surface area contributed by atoms with E-state index in [1.807, 2.05) is 0 Å². The molecule has 0 atom stereocenters. The average molecular weight is 557 g/mol. The molecule has 0 amide bonds. The molecule has 2 bridgehead atoms. The number of hydrogen-bond donors (Lipinski definition) is 0. The lowest BCUT2D eigenvalue weighted by molar-refractivity contribution is 1.77. The Morgan fingerprint density at radius 2 is 0.409 bits per heavy atom. The Balaban J connectivity index is 1.74. The van der Waals surface area contributed by atoms with E-state index in [1.165, 1.54) is 86.2 Å². The van der Waals surface area contributed by atoms with Gasteiger partial charge in [0, 0.05) is 0 Å². The molecular weight excluding hydrogens is 528 g/mol. The molecule has 0 radical (unpaired) electrons. The second-order valence-electron chi connectivity index (χ2n) is 11.6. The Kier molecular flexibility index (Phi) is 5.61. The Morgan fingerprint density at radius 3 is 0.773 bits per heavy atom. The summed E-state index contributed by atoms with van der Waals surface area (Å²) < 4.78 is 0. The lowest BCUT2D eigenvalue weighted by Gasteiger charge is -2.15. The van der Waals surface area contributed by atoms with Crippen molar-refractivity contribution in [3.05, 3.63) is 170 Å². The van der Waals surface area contributed by atoms with Gasteiger partial charge in [0.2, 0.25) is 0 Å². The minimum absolute atomic E-state index is 1.20. The summed E-state index contributed by atoms with van der Waals surface area (Å²) in [6.07, 6.45) is 0. The molecule has 0 heterocycles. The molecule has 204 valence electrons. The van der Waals surface area contributed by atoms with E-state index >= 15 is 0 Å². The van der Waals surface area contributed by atoms with Crippen LogP contribution in [0.25, 0.3) is 86.2 Å². The normalized spacial score (nSPS) is 11.6. The Bertz CT molecular complexity index is 2460. The molecular formula is C44H28. The van der Waals surface area contributed by atoms with E-state index in [0.29, 0.717) is 0 Å². The van der Waals surface area contributed by atoms with Gasteiger partial charge in [-0.3, -0.25) is 0 Å². The first-order valence-electron chi connectivity index (χ1n) is 15.3. The van der Waals surface area contributed by atoms with E-state index in [1.54, 1.807) is 0 Å². The van der Waals surface area contributed by atoms with Gasteiger partial charge in [0.05, 0.1) is 0 Å². The van der Waals surface area contributed by atoms with Crippen molar-refractivity contribution in [1.29, 1.82) is 0 Å². The van der Waals surface area contributed by atoms with Crippen LogP contribution in [0, 0.1) is 0 Å². The van der Waals surface area contributed by atoms with E-state index in [0.717, 1.165) is 0 Å². The van der Waals surface area contributed by atoms with Crippen LogP contribution in [-0.4, -0.2) is 0 Å². The lowest BCUT2D eigenvalue weighted by Crippen LogP contribution is -1.86. The fraction of sp³-hybridized carbons (Fsp3) is 0. The number of benzene rings is 8. The van der Waals surface area contributed by atoms with E-state index in [-0.39, 0.29) is 0 Å². The summed E-state index contributed by atoms with van der Waals surface area (Å²) in [7, 11) is 0. The fourth-order valence-electron chi connectivity index (χ4n) is 7.25. The van der Waals surface area contributed by atoms with Crippen LogP contribution in [0.2, 0.25) is 0 Å². The van der Waals surface area contributed by atoms with Crippen LogP contribution in [0.3, 0.4) is 0 Å². The molecule has 10 aromatic carbocycles. The minimum Gasteiger partial charge on any atom is -0.0616 e. The fourth-order valence-corrected chi connectivity index (χ4v) is 7.25. The van der Waals surface area contributed by atoms with Crippen LogP contribution in [0.5, 0.6) is 0 Å². The molecule has 0 aliphatic heterocycles. The molecule has 0 aromatic heterocycles. The van der Waals surface area contributed by atoms with Crippen molar-refractivity contribution in [3.63, 3.8) is 0 Å². The average Bonchev–Trinajstić information content (AvgIpc) is 3.09. The first-order chi connectivity index (χ1) is 21.8. The molecule has 0 saturated carbocycles. The highest BCUT2D eigenvalue weighted by atomic mass is 14.2. The maximum atomic E-state index is 2.32. The van der Waals surface area contributed by atoms with Crippen molar-refractivity contribution in [2.75, 3.05) is 0 Å². The number of rotatable bonds is 0. The predicted octanol–water partition coefficient (Wildman–Crippen LogP) is 12.6. The summed E-state index contributed by atoms with van der Waals surface area (Å²) in [5, 5.41) is 20.1. The summed E-state index contributed by atoms with van der Waals surface area (Å²) >= 11 is 0.